The van der Waals surface area contributed by atoms with Gasteiger partial charge in [-0.05, 0) is 13.8 Å². The van der Waals surface area contributed by atoms with Crippen LogP contribution in [-0.2, 0) is 17.2 Å². The normalized spacial score (nSPS) is 19.4. The van der Waals surface area contributed by atoms with Crippen LogP contribution in [0.1, 0.15) is 18.3 Å². The van der Waals surface area contributed by atoms with Crippen LogP contribution in [0.4, 0.5) is 5.95 Å². The third kappa shape index (κ3) is 1.52. The van der Waals surface area contributed by atoms with Crippen molar-refractivity contribution in [3.8, 4) is 0 Å². The van der Waals surface area contributed by atoms with Crippen LogP contribution in [0.3, 0.4) is 0 Å². The van der Waals surface area contributed by atoms with E-state index in [2.05, 4.69) is 15.3 Å². The first kappa shape index (κ1) is 9.58. The molecule has 1 N–H and O–H groups in total. The van der Waals surface area contributed by atoms with Crippen molar-refractivity contribution in [1.29, 1.82) is 0 Å². The Kier molecular flexibility index (Phi) is 2.50. The van der Waals surface area contributed by atoms with E-state index in [1.54, 1.807) is 0 Å². The number of hydrogen-bond donors (Lipinski definition) is 1. The van der Waals surface area contributed by atoms with Gasteiger partial charge in [0.15, 0.2) is 0 Å². The first-order valence-corrected chi connectivity index (χ1v) is 6.04. The van der Waals surface area contributed by atoms with Gasteiger partial charge in [-0.15, -0.1) is 0 Å². The Morgan fingerprint density at radius 3 is 3.00 bits per heavy atom. The second-order valence-corrected chi connectivity index (χ2v) is 4.75. The molecule has 2 rings (SSSR count). The lowest BCUT2D eigenvalue weighted by Gasteiger charge is -2.05. The predicted molar refractivity (Wildman–Crippen MR) is 55.9 cm³/mol. The molecule has 0 fully saturated rings. The zero-order chi connectivity index (χ0) is 10.1. The quantitative estimate of drug-likeness (QED) is 0.789. The fourth-order valence-corrected chi connectivity index (χ4v) is 2.98. The van der Waals surface area contributed by atoms with E-state index in [1.807, 2.05) is 13.8 Å². The van der Waals surface area contributed by atoms with Crippen LogP contribution in [0.5, 0.6) is 0 Å². The zero-order valence-corrected chi connectivity index (χ0v) is 9.15. The van der Waals surface area contributed by atoms with E-state index in [0.29, 0.717) is 11.7 Å². The van der Waals surface area contributed by atoms with Gasteiger partial charge in [0.1, 0.15) is 0 Å². The van der Waals surface area contributed by atoms with Crippen molar-refractivity contribution in [3.63, 3.8) is 0 Å². The Hall–Kier alpha value is -0.970. The Bertz CT molecular complexity index is 392. The van der Waals surface area contributed by atoms with Crippen molar-refractivity contribution in [3.05, 3.63) is 11.4 Å². The third-order valence-corrected chi connectivity index (χ3v) is 3.75. The topological polar surface area (TPSA) is 54.9 Å². The second kappa shape index (κ2) is 3.65. The molecule has 14 heavy (non-hydrogen) atoms. The Balaban J connectivity index is 2.46. The molecule has 1 atom stereocenters. The van der Waals surface area contributed by atoms with Gasteiger partial charge >= 0.3 is 0 Å². The van der Waals surface area contributed by atoms with Gasteiger partial charge in [-0.2, -0.15) is 0 Å². The minimum Gasteiger partial charge on any atom is -0.354 e. The van der Waals surface area contributed by atoms with E-state index in [9.17, 15) is 4.21 Å². The minimum atomic E-state index is -0.874. The molecule has 2 heterocycles. The molecular formula is C9H13N3OS. The van der Waals surface area contributed by atoms with Crippen LogP contribution in [0.15, 0.2) is 4.90 Å². The van der Waals surface area contributed by atoms with E-state index >= 15 is 0 Å². The molecular weight excluding hydrogens is 198 g/mol. The number of aryl methyl sites for hydroxylation is 2. The van der Waals surface area contributed by atoms with Crippen molar-refractivity contribution >= 4 is 16.7 Å². The van der Waals surface area contributed by atoms with Gasteiger partial charge in [0.2, 0.25) is 5.95 Å². The first-order valence-electron chi connectivity index (χ1n) is 4.72. The second-order valence-electron chi connectivity index (χ2n) is 3.24. The SMILES string of the molecule is CCNc1nc(C)c2c(n1)CCS2=O. The fraction of sp³-hybridized carbons (Fsp3) is 0.556. The molecule has 5 heteroatoms. The lowest BCUT2D eigenvalue weighted by molar-refractivity contribution is 0.685. The average Bonchev–Trinajstić information content (AvgIpc) is 2.48. The molecule has 0 bridgehead atoms. The van der Waals surface area contributed by atoms with Gasteiger partial charge < -0.3 is 5.32 Å². The van der Waals surface area contributed by atoms with Crippen LogP contribution >= 0.6 is 0 Å². The van der Waals surface area contributed by atoms with Gasteiger partial charge in [-0.3, -0.25) is 4.21 Å². The molecule has 0 aromatic carbocycles. The van der Waals surface area contributed by atoms with Crippen molar-refractivity contribution in [2.24, 2.45) is 0 Å². The minimum absolute atomic E-state index is 0.655. The molecule has 1 aliphatic heterocycles. The van der Waals surface area contributed by atoms with Crippen molar-refractivity contribution in [2.75, 3.05) is 17.6 Å². The number of hydrogen-bond acceptors (Lipinski definition) is 4. The molecule has 0 amide bonds. The first-order chi connectivity index (χ1) is 6.72. The molecule has 0 saturated carbocycles. The molecule has 1 aromatic heterocycles. The highest BCUT2D eigenvalue weighted by Gasteiger charge is 2.23. The van der Waals surface area contributed by atoms with E-state index in [0.717, 1.165) is 29.2 Å². The standard InChI is InChI=1S/C9H13N3OS/c1-3-10-9-11-6(2)8-7(12-9)4-5-14(8)13/h3-5H2,1-2H3,(H,10,11,12). The number of fused-ring (bicyclic) bond motifs is 1. The summed E-state index contributed by atoms with van der Waals surface area (Å²) < 4.78 is 11.6. The summed E-state index contributed by atoms with van der Waals surface area (Å²) in [6.07, 6.45) is 0.809. The van der Waals surface area contributed by atoms with Crippen LogP contribution in [0, 0.1) is 6.92 Å². The van der Waals surface area contributed by atoms with Gasteiger partial charge in [-0.25, -0.2) is 9.97 Å². The highest BCUT2D eigenvalue weighted by atomic mass is 32.2. The number of nitrogens with one attached hydrogen (secondary N) is 1. The molecule has 1 aromatic rings. The summed E-state index contributed by atoms with van der Waals surface area (Å²) in [7, 11) is -0.874. The Morgan fingerprint density at radius 1 is 1.50 bits per heavy atom. The van der Waals surface area contributed by atoms with Crippen LogP contribution < -0.4 is 5.32 Å². The van der Waals surface area contributed by atoms with Crippen molar-refractivity contribution in [1.82, 2.24) is 9.97 Å². The van der Waals surface area contributed by atoms with E-state index in [4.69, 9.17) is 0 Å². The van der Waals surface area contributed by atoms with Crippen LogP contribution in [0.2, 0.25) is 0 Å². The molecule has 0 saturated heterocycles. The number of aromatic nitrogens is 2. The van der Waals surface area contributed by atoms with E-state index < -0.39 is 10.8 Å². The molecule has 1 aliphatic rings. The Labute approximate surface area is 85.6 Å². The summed E-state index contributed by atoms with van der Waals surface area (Å²) in [4.78, 5) is 9.46. The molecule has 0 aliphatic carbocycles. The lowest BCUT2D eigenvalue weighted by atomic mass is 10.3. The predicted octanol–water partition coefficient (Wildman–Crippen LogP) is 0.881. The molecule has 76 valence electrons. The number of nitrogens with zero attached hydrogens (tertiary/aromatic N) is 2. The summed E-state index contributed by atoms with van der Waals surface area (Å²) in [5.74, 6) is 1.35. The largest absolute Gasteiger partial charge is 0.354 e. The lowest BCUT2D eigenvalue weighted by Crippen LogP contribution is -2.06. The van der Waals surface area contributed by atoms with E-state index in [1.165, 1.54) is 0 Å². The van der Waals surface area contributed by atoms with Crippen molar-refractivity contribution < 1.29 is 4.21 Å². The summed E-state index contributed by atoms with van der Waals surface area (Å²) in [5.41, 5.74) is 1.80. The molecule has 4 nitrogen and oxygen atoms in total. The van der Waals surface area contributed by atoms with Gasteiger partial charge in [0, 0.05) is 18.7 Å². The van der Waals surface area contributed by atoms with Gasteiger partial charge in [0.05, 0.1) is 27.1 Å². The summed E-state index contributed by atoms with van der Waals surface area (Å²) in [6.45, 7) is 4.70. The monoisotopic (exact) mass is 211 g/mol. The summed E-state index contributed by atoms with van der Waals surface area (Å²) in [5, 5.41) is 3.07. The zero-order valence-electron chi connectivity index (χ0n) is 8.33. The molecule has 0 radical (unpaired) electrons. The number of rotatable bonds is 2. The maximum atomic E-state index is 11.6. The highest BCUT2D eigenvalue weighted by Crippen LogP contribution is 2.24. The Morgan fingerprint density at radius 2 is 2.29 bits per heavy atom. The van der Waals surface area contributed by atoms with Crippen LogP contribution in [-0.4, -0.2) is 26.5 Å². The third-order valence-electron chi connectivity index (χ3n) is 2.19. The maximum Gasteiger partial charge on any atom is 0.223 e. The summed E-state index contributed by atoms with van der Waals surface area (Å²) >= 11 is 0. The fourth-order valence-electron chi connectivity index (χ4n) is 1.62. The van der Waals surface area contributed by atoms with Gasteiger partial charge in [-0.1, -0.05) is 0 Å². The van der Waals surface area contributed by atoms with E-state index in [-0.39, 0.29) is 0 Å². The smallest absolute Gasteiger partial charge is 0.223 e. The van der Waals surface area contributed by atoms with Crippen LogP contribution in [0.25, 0.3) is 0 Å². The summed E-state index contributed by atoms with van der Waals surface area (Å²) in [6, 6.07) is 0. The number of anilines is 1. The maximum absolute atomic E-state index is 11.6. The van der Waals surface area contributed by atoms with Crippen molar-refractivity contribution in [2.45, 2.75) is 25.2 Å². The average molecular weight is 211 g/mol. The van der Waals surface area contributed by atoms with Gasteiger partial charge in [0.25, 0.3) is 0 Å². The molecule has 0 spiro atoms. The molecule has 1 unspecified atom stereocenters. The highest BCUT2D eigenvalue weighted by molar-refractivity contribution is 7.85.